The van der Waals surface area contributed by atoms with E-state index >= 15 is 0 Å². The van der Waals surface area contributed by atoms with Crippen LogP contribution in [0.3, 0.4) is 0 Å². The van der Waals surface area contributed by atoms with Crippen LogP contribution >= 0.6 is 0 Å². The van der Waals surface area contributed by atoms with E-state index in [1.165, 1.54) is 0 Å². The first-order valence-corrected chi connectivity index (χ1v) is 8.60. The van der Waals surface area contributed by atoms with Gasteiger partial charge in [-0.15, -0.1) is 0 Å². The monoisotopic (exact) mass is 317 g/mol. The zero-order chi connectivity index (χ0) is 16.7. The second-order valence-corrected chi connectivity index (χ2v) is 6.19. The molecule has 126 valence electrons. The lowest BCUT2D eigenvalue weighted by molar-refractivity contribution is -0.135. The predicted molar refractivity (Wildman–Crippen MR) is 90.5 cm³/mol. The Bertz CT molecular complexity index is 533. The van der Waals surface area contributed by atoms with Crippen molar-refractivity contribution in [3.05, 3.63) is 29.8 Å². The zero-order valence-electron chi connectivity index (χ0n) is 14.2. The summed E-state index contributed by atoms with van der Waals surface area (Å²) in [6.45, 7) is 5.92. The number of amides is 1. The standard InChI is InChI=1S/C19H27NO3/c1-3-17(21)16-10-12-20(13-11-16)19(22)9-6-14-23-18-8-5-4-7-15(18)2/h4-5,7-8,16H,3,6,9-14H2,1-2H3. The van der Waals surface area contributed by atoms with Crippen LogP contribution in [0.25, 0.3) is 0 Å². The Balaban J connectivity index is 1.66. The molecule has 0 atom stereocenters. The number of ether oxygens (including phenoxy) is 1. The third kappa shape index (κ3) is 5.08. The first-order valence-electron chi connectivity index (χ1n) is 8.60. The van der Waals surface area contributed by atoms with E-state index in [-0.39, 0.29) is 11.8 Å². The molecule has 2 rings (SSSR count). The van der Waals surface area contributed by atoms with Gasteiger partial charge in [0.05, 0.1) is 6.61 Å². The third-order valence-electron chi connectivity index (χ3n) is 4.54. The number of piperidine rings is 1. The van der Waals surface area contributed by atoms with Gasteiger partial charge in [-0.2, -0.15) is 0 Å². The van der Waals surface area contributed by atoms with E-state index in [0.29, 0.717) is 38.3 Å². The van der Waals surface area contributed by atoms with Gasteiger partial charge in [0.25, 0.3) is 0 Å². The maximum atomic E-state index is 12.2. The molecule has 1 aliphatic rings. The van der Waals surface area contributed by atoms with Crippen LogP contribution in [0.2, 0.25) is 0 Å². The molecule has 0 bridgehead atoms. The Morgan fingerprint density at radius 3 is 2.57 bits per heavy atom. The van der Waals surface area contributed by atoms with E-state index in [1.54, 1.807) is 0 Å². The Morgan fingerprint density at radius 2 is 1.91 bits per heavy atom. The number of aryl methyl sites for hydroxylation is 1. The molecular formula is C19H27NO3. The third-order valence-corrected chi connectivity index (χ3v) is 4.54. The van der Waals surface area contributed by atoms with Gasteiger partial charge in [0.15, 0.2) is 0 Å². The summed E-state index contributed by atoms with van der Waals surface area (Å²) in [4.78, 5) is 25.8. The average molecular weight is 317 g/mol. The van der Waals surface area contributed by atoms with Crippen molar-refractivity contribution in [1.29, 1.82) is 0 Å². The smallest absolute Gasteiger partial charge is 0.222 e. The van der Waals surface area contributed by atoms with Crippen molar-refractivity contribution in [2.24, 2.45) is 5.92 Å². The number of ketones is 1. The van der Waals surface area contributed by atoms with Gasteiger partial charge in [-0.1, -0.05) is 25.1 Å². The van der Waals surface area contributed by atoms with E-state index in [9.17, 15) is 9.59 Å². The number of Topliss-reactive ketones (excluding diaryl/α,β-unsaturated/α-hetero) is 1. The summed E-state index contributed by atoms with van der Waals surface area (Å²) >= 11 is 0. The number of hydrogen-bond acceptors (Lipinski definition) is 3. The molecule has 1 amide bonds. The van der Waals surface area contributed by atoms with E-state index < -0.39 is 0 Å². The summed E-state index contributed by atoms with van der Waals surface area (Å²) in [6.07, 6.45) is 3.48. The van der Waals surface area contributed by atoms with Gasteiger partial charge in [0.1, 0.15) is 11.5 Å². The van der Waals surface area contributed by atoms with Gasteiger partial charge in [-0.05, 0) is 37.8 Å². The molecule has 1 aromatic rings. The van der Waals surface area contributed by atoms with Gasteiger partial charge in [-0.3, -0.25) is 9.59 Å². The summed E-state index contributed by atoms with van der Waals surface area (Å²) in [5, 5.41) is 0. The average Bonchev–Trinajstić information content (AvgIpc) is 2.59. The molecule has 1 fully saturated rings. The van der Waals surface area contributed by atoms with Crippen LogP contribution < -0.4 is 4.74 Å². The number of carbonyl (C=O) groups excluding carboxylic acids is 2. The van der Waals surface area contributed by atoms with Crippen molar-refractivity contribution in [3.63, 3.8) is 0 Å². The van der Waals surface area contributed by atoms with Gasteiger partial charge in [0.2, 0.25) is 5.91 Å². The normalized spacial score (nSPS) is 15.5. The van der Waals surface area contributed by atoms with Crippen LogP contribution in [-0.2, 0) is 9.59 Å². The molecule has 1 heterocycles. The molecule has 1 saturated heterocycles. The highest BCUT2D eigenvalue weighted by Crippen LogP contribution is 2.20. The first kappa shape index (κ1) is 17.5. The highest BCUT2D eigenvalue weighted by atomic mass is 16.5. The molecule has 0 saturated carbocycles. The number of benzene rings is 1. The summed E-state index contributed by atoms with van der Waals surface area (Å²) < 4.78 is 5.72. The van der Waals surface area contributed by atoms with Crippen molar-refractivity contribution in [1.82, 2.24) is 4.90 Å². The first-order chi connectivity index (χ1) is 11.1. The zero-order valence-corrected chi connectivity index (χ0v) is 14.2. The quantitative estimate of drug-likeness (QED) is 0.724. The van der Waals surface area contributed by atoms with E-state index in [2.05, 4.69) is 0 Å². The Kier molecular flexibility index (Phi) is 6.63. The van der Waals surface area contributed by atoms with Crippen molar-refractivity contribution >= 4 is 11.7 Å². The van der Waals surface area contributed by atoms with Crippen LogP contribution in [0, 0.1) is 12.8 Å². The maximum absolute atomic E-state index is 12.2. The lowest BCUT2D eigenvalue weighted by Gasteiger charge is -2.31. The topological polar surface area (TPSA) is 46.6 Å². The minimum Gasteiger partial charge on any atom is -0.493 e. The number of rotatable bonds is 7. The van der Waals surface area contributed by atoms with Crippen LogP contribution in [0.15, 0.2) is 24.3 Å². The number of likely N-dealkylation sites (tertiary alicyclic amines) is 1. The Morgan fingerprint density at radius 1 is 1.22 bits per heavy atom. The summed E-state index contributed by atoms with van der Waals surface area (Å²) in [5.74, 6) is 1.57. The molecule has 0 unspecified atom stereocenters. The second kappa shape index (κ2) is 8.70. The SMILES string of the molecule is CCC(=O)C1CCN(C(=O)CCCOc2ccccc2C)CC1. The van der Waals surface area contributed by atoms with Gasteiger partial charge in [0, 0.05) is 31.8 Å². The molecule has 0 aromatic heterocycles. The van der Waals surface area contributed by atoms with Gasteiger partial charge >= 0.3 is 0 Å². The summed E-state index contributed by atoms with van der Waals surface area (Å²) in [6, 6.07) is 7.91. The molecule has 0 aliphatic carbocycles. The fraction of sp³-hybridized carbons (Fsp3) is 0.579. The second-order valence-electron chi connectivity index (χ2n) is 6.19. The molecule has 4 heteroatoms. The van der Waals surface area contributed by atoms with E-state index in [1.807, 2.05) is 43.0 Å². The molecule has 23 heavy (non-hydrogen) atoms. The molecular weight excluding hydrogens is 290 g/mol. The Labute approximate surface area is 138 Å². The van der Waals surface area contributed by atoms with Crippen molar-refractivity contribution < 1.29 is 14.3 Å². The minimum absolute atomic E-state index is 0.161. The van der Waals surface area contributed by atoms with E-state index in [0.717, 1.165) is 30.6 Å². The van der Waals surface area contributed by atoms with Gasteiger partial charge < -0.3 is 9.64 Å². The molecule has 0 radical (unpaired) electrons. The van der Waals surface area contributed by atoms with Crippen LogP contribution in [0.4, 0.5) is 0 Å². The fourth-order valence-corrected chi connectivity index (χ4v) is 3.02. The summed E-state index contributed by atoms with van der Waals surface area (Å²) in [7, 11) is 0. The predicted octanol–water partition coefficient (Wildman–Crippen LogP) is 3.37. The highest BCUT2D eigenvalue weighted by Gasteiger charge is 2.25. The lowest BCUT2D eigenvalue weighted by Crippen LogP contribution is -2.40. The minimum atomic E-state index is 0.161. The van der Waals surface area contributed by atoms with Crippen LogP contribution in [-0.4, -0.2) is 36.3 Å². The Hall–Kier alpha value is -1.84. The number of nitrogens with zero attached hydrogens (tertiary/aromatic N) is 1. The molecule has 1 aliphatic heterocycles. The van der Waals surface area contributed by atoms with Crippen LogP contribution in [0.1, 0.15) is 44.6 Å². The lowest BCUT2D eigenvalue weighted by atomic mass is 9.91. The molecule has 0 spiro atoms. The van der Waals surface area contributed by atoms with Gasteiger partial charge in [-0.25, -0.2) is 0 Å². The number of hydrogen-bond donors (Lipinski definition) is 0. The van der Waals surface area contributed by atoms with Crippen molar-refractivity contribution in [3.8, 4) is 5.75 Å². The van der Waals surface area contributed by atoms with Crippen LogP contribution in [0.5, 0.6) is 5.75 Å². The molecule has 1 aromatic carbocycles. The number of carbonyl (C=O) groups is 2. The molecule has 0 N–H and O–H groups in total. The highest BCUT2D eigenvalue weighted by molar-refractivity contribution is 5.81. The maximum Gasteiger partial charge on any atom is 0.222 e. The van der Waals surface area contributed by atoms with Crippen molar-refractivity contribution in [2.45, 2.75) is 46.0 Å². The van der Waals surface area contributed by atoms with Crippen molar-refractivity contribution in [2.75, 3.05) is 19.7 Å². The summed E-state index contributed by atoms with van der Waals surface area (Å²) in [5.41, 5.74) is 1.11. The fourth-order valence-electron chi connectivity index (χ4n) is 3.02. The largest absolute Gasteiger partial charge is 0.493 e. The molecule has 4 nitrogen and oxygen atoms in total. The number of para-hydroxylation sites is 1. The van der Waals surface area contributed by atoms with E-state index in [4.69, 9.17) is 4.74 Å².